The molecule has 1 aromatic carbocycles. The summed E-state index contributed by atoms with van der Waals surface area (Å²) in [6.45, 7) is 4.18. The normalized spacial score (nSPS) is 22.1. The molecule has 1 N–H and O–H groups in total. The van der Waals surface area contributed by atoms with E-state index in [1.807, 2.05) is 31.2 Å². The summed E-state index contributed by atoms with van der Waals surface area (Å²) in [6, 6.07) is 8.09. The molecule has 2 atom stereocenters. The van der Waals surface area contributed by atoms with Gasteiger partial charge in [-0.3, -0.25) is 4.79 Å². The van der Waals surface area contributed by atoms with Crippen LogP contribution < -0.4 is 5.32 Å². The van der Waals surface area contributed by atoms with E-state index in [2.05, 4.69) is 12.2 Å². The van der Waals surface area contributed by atoms with Crippen molar-refractivity contribution in [1.82, 2.24) is 5.32 Å². The van der Waals surface area contributed by atoms with Crippen molar-refractivity contribution in [2.24, 2.45) is 5.92 Å². The molecule has 0 radical (unpaired) electrons. The standard InChI is InChI=1S/C15H17NO2/c1-3-10-7-12(10)16-15(17)14-8-11-6-9(2)4-5-13(11)18-14/h4-6,8,10,12H,3,7H2,1-2H3,(H,16,17)/t10-,12-/m1/s1. The van der Waals surface area contributed by atoms with Crippen molar-refractivity contribution >= 4 is 16.9 Å². The Balaban J connectivity index is 1.79. The minimum absolute atomic E-state index is 0.0928. The Kier molecular flexibility index (Phi) is 2.62. The maximum absolute atomic E-state index is 12.0. The molecule has 1 aliphatic rings. The van der Waals surface area contributed by atoms with Gasteiger partial charge in [0.15, 0.2) is 5.76 Å². The van der Waals surface area contributed by atoms with Gasteiger partial charge in [-0.25, -0.2) is 0 Å². The van der Waals surface area contributed by atoms with Gasteiger partial charge in [0, 0.05) is 11.4 Å². The number of amides is 1. The van der Waals surface area contributed by atoms with Gasteiger partial charge in [0.05, 0.1) is 0 Å². The van der Waals surface area contributed by atoms with Gasteiger partial charge in [-0.2, -0.15) is 0 Å². The highest BCUT2D eigenvalue weighted by atomic mass is 16.3. The molecule has 1 aromatic heterocycles. The van der Waals surface area contributed by atoms with Crippen LogP contribution in [0.1, 0.15) is 35.9 Å². The van der Waals surface area contributed by atoms with E-state index in [4.69, 9.17) is 4.42 Å². The first-order valence-electron chi connectivity index (χ1n) is 6.48. The number of carbonyl (C=O) groups is 1. The lowest BCUT2D eigenvalue weighted by molar-refractivity contribution is 0.0923. The zero-order chi connectivity index (χ0) is 12.7. The highest BCUT2D eigenvalue weighted by molar-refractivity contribution is 5.96. The SMILES string of the molecule is CC[C@@H]1C[C@H]1NC(=O)c1cc2cc(C)ccc2o1. The first-order chi connectivity index (χ1) is 8.67. The number of carbonyl (C=O) groups excluding carboxylic acids is 1. The van der Waals surface area contributed by atoms with Crippen molar-refractivity contribution in [3.8, 4) is 0 Å². The van der Waals surface area contributed by atoms with Gasteiger partial charge >= 0.3 is 0 Å². The van der Waals surface area contributed by atoms with Gasteiger partial charge in [0.1, 0.15) is 5.58 Å². The lowest BCUT2D eigenvalue weighted by atomic mass is 10.2. The maximum Gasteiger partial charge on any atom is 0.287 e. The summed E-state index contributed by atoms with van der Waals surface area (Å²) in [5.41, 5.74) is 1.94. The molecule has 3 heteroatoms. The first kappa shape index (κ1) is 11.3. The number of nitrogens with one attached hydrogen (secondary N) is 1. The number of furan rings is 1. The average Bonchev–Trinajstić information content (AvgIpc) is 2.96. The number of hydrogen-bond acceptors (Lipinski definition) is 2. The van der Waals surface area contributed by atoms with Crippen molar-refractivity contribution in [2.75, 3.05) is 0 Å². The van der Waals surface area contributed by atoms with Crippen molar-refractivity contribution in [3.05, 3.63) is 35.6 Å². The van der Waals surface area contributed by atoms with Gasteiger partial charge in [-0.1, -0.05) is 25.0 Å². The number of hydrogen-bond donors (Lipinski definition) is 1. The second kappa shape index (κ2) is 4.16. The summed E-state index contributed by atoms with van der Waals surface area (Å²) in [5.74, 6) is 0.975. The molecule has 0 aliphatic heterocycles. The molecule has 1 aliphatic carbocycles. The van der Waals surface area contributed by atoms with Crippen LogP contribution in [0, 0.1) is 12.8 Å². The van der Waals surface area contributed by atoms with Crippen LogP contribution in [0.25, 0.3) is 11.0 Å². The van der Waals surface area contributed by atoms with Crippen molar-refractivity contribution in [2.45, 2.75) is 32.7 Å². The quantitative estimate of drug-likeness (QED) is 0.899. The molecule has 0 spiro atoms. The number of rotatable bonds is 3. The average molecular weight is 243 g/mol. The van der Waals surface area contributed by atoms with Crippen LogP contribution in [-0.2, 0) is 0 Å². The number of aryl methyl sites for hydroxylation is 1. The van der Waals surface area contributed by atoms with Gasteiger partial charge in [0.2, 0.25) is 0 Å². The van der Waals surface area contributed by atoms with Gasteiger partial charge < -0.3 is 9.73 Å². The minimum atomic E-state index is -0.0928. The molecule has 94 valence electrons. The molecule has 1 saturated carbocycles. The second-order valence-electron chi connectivity index (χ2n) is 5.14. The summed E-state index contributed by atoms with van der Waals surface area (Å²) in [5, 5.41) is 4.00. The monoisotopic (exact) mass is 243 g/mol. The van der Waals surface area contributed by atoms with Crippen molar-refractivity contribution in [3.63, 3.8) is 0 Å². The molecule has 3 rings (SSSR count). The Bertz CT molecular complexity index is 600. The van der Waals surface area contributed by atoms with Gasteiger partial charge in [-0.15, -0.1) is 0 Å². The third kappa shape index (κ3) is 2.01. The van der Waals surface area contributed by atoms with E-state index in [1.54, 1.807) is 0 Å². The molecule has 18 heavy (non-hydrogen) atoms. The van der Waals surface area contributed by atoms with Crippen LogP contribution in [-0.4, -0.2) is 11.9 Å². The Morgan fingerprint density at radius 2 is 2.28 bits per heavy atom. The van der Waals surface area contributed by atoms with Crippen molar-refractivity contribution < 1.29 is 9.21 Å². The smallest absolute Gasteiger partial charge is 0.287 e. The molecule has 0 saturated heterocycles. The lowest BCUT2D eigenvalue weighted by Crippen LogP contribution is -2.26. The lowest BCUT2D eigenvalue weighted by Gasteiger charge is -2.00. The van der Waals surface area contributed by atoms with E-state index in [1.165, 1.54) is 5.56 Å². The fraction of sp³-hybridized carbons (Fsp3) is 0.400. The zero-order valence-corrected chi connectivity index (χ0v) is 10.7. The van der Waals surface area contributed by atoms with E-state index in [0.29, 0.717) is 17.7 Å². The molecule has 3 nitrogen and oxygen atoms in total. The third-order valence-electron chi connectivity index (χ3n) is 3.66. The van der Waals surface area contributed by atoms with E-state index in [-0.39, 0.29) is 5.91 Å². The Hall–Kier alpha value is -1.77. The number of fused-ring (bicyclic) bond motifs is 1. The summed E-state index contributed by atoms with van der Waals surface area (Å²) in [7, 11) is 0. The topological polar surface area (TPSA) is 42.2 Å². The maximum atomic E-state index is 12.0. The largest absolute Gasteiger partial charge is 0.451 e. The molecular weight excluding hydrogens is 226 g/mol. The summed E-state index contributed by atoms with van der Waals surface area (Å²) < 4.78 is 5.57. The van der Waals surface area contributed by atoms with Crippen LogP contribution in [0.5, 0.6) is 0 Å². The highest BCUT2D eigenvalue weighted by Gasteiger charge is 2.37. The Labute approximate surface area is 106 Å². The molecular formula is C15H17NO2. The summed E-state index contributed by atoms with van der Waals surface area (Å²) >= 11 is 0. The highest BCUT2D eigenvalue weighted by Crippen LogP contribution is 2.33. The van der Waals surface area contributed by atoms with E-state index >= 15 is 0 Å². The summed E-state index contributed by atoms with van der Waals surface area (Å²) in [6.07, 6.45) is 2.23. The molecule has 0 unspecified atom stereocenters. The van der Waals surface area contributed by atoms with Crippen LogP contribution in [0.4, 0.5) is 0 Å². The number of benzene rings is 1. The van der Waals surface area contributed by atoms with Crippen molar-refractivity contribution in [1.29, 1.82) is 0 Å². The molecule has 2 aromatic rings. The Morgan fingerprint density at radius 1 is 1.44 bits per heavy atom. The molecule has 1 amide bonds. The zero-order valence-electron chi connectivity index (χ0n) is 10.7. The predicted molar refractivity (Wildman–Crippen MR) is 70.6 cm³/mol. The predicted octanol–water partition coefficient (Wildman–Crippen LogP) is 3.27. The fourth-order valence-corrected chi connectivity index (χ4v) is 2.39. The molecule has 1 fully saturated rings. The van der Waals surface area contributed by atoms with E-state index < -0.39 is 0 Å². The molecule has 0 bridgehead atoms. The van der Waals surface area contributed by atoms with Crippen LogP contribution in [0.3, 0.4) is 0 Å². The third-order valence-corrected chi connectivity index (χ3v) is 3.66. The van der Waals surface area contributed by atoms with E-state index in [9.17, 15) is 4.79 Å². The summed E-state index contributed by atoms with van der Waals surface area (Å²) in [4.78, 5) is 12.0. The first-order valence-corrected chi connectivity index (χ1v) is 6.48. The fourth-order valence-electron chi connectivity index (χ4n) is 2.39. The second-order valence-corrected chi connectivity index (χ2v) is 5.14. The van der Waals surface area contributed by atoms with Crippen LogP contribution in [0.2, 0.25) is 0 Å². The Morgan fingerprint density at radius 3 is 3.00 bits per heavy atom. The van der Waals surface area contributed by atoms with E-state index in [0.717, 1.165) is 23.8 Å². The van der Waals surface area contributed by atoms with Crippen LogP contribution in [0.15, 0.2) is 28.7 Å². The van der Waals surface area contributed by atoms with Gasteiger partial charge in [0.25, 0.3) is 5.91 Å². The minimum Gasteiger partial charge on any atom is -0.451 e. The molecule has 1 heterocycles. The van der Waals surface area contributed by atoms with Gasteiger partial charge in [-0.05, 0) is 37.5 Å². The van der Waals surface area contributed by atoms with Crippen LogP contribution >= 0.6 is 0 Å².